The van der Waals surface area contributed by atoms with Crippen LogP contribution in [0.4, 0.5) is 0 Å². The third-order valence-corrected chi connectivity index (χ3v) is 9.98. The lowest BCUT2D eigenvalue weighted by molar-refractivity contribution is -0.245. The van der Waals surface area contributed by atoms with Crippen LogP contribution in [0.15, 0.2) is 108 Å². The van der Waals surface area contributed by atoms with Crippen molar-refractivity contribution in [3.05, 3.63) is 125 Å². The zero-order chi connectivity index (χ0) is 36.1. The summed E-state index contributed by atoms with van der Waals surface area (Å²) in [6.07, 6.45) is 3.33. The zero-order valence-electron chi connectivity index (χ0n) is 28.8. The molecular formula is C40H43N5O6S. The summed E-state index contributed by atoms with van der Waals surface area (Å²) >= 11 is 1.54. The topological polar surface area (TPSA) is 149 Å². The van der Waals surface area contributed by atoms with Crippen LogP contribution in [0.25, 0.3) is 16.8 Å². The molecule has 52 heavy (non-hydrogen) atoms. The lowest BCUT2D eigenvalue weighted by atomic mass is 9.99. The summed E-state index contributed by atoms with van der Waals surface area (Å²) in [5.41, 5.74) is 6.72. The van der Waals surface area contributed by atoms with E-state index in [1.165, 1.54) is 11.8 Å². The molecule has 0 bridgehead atoms. The summed E-state index contributed by atoms with van der Waals surface area (Å²) in [5.74, 6) is -0.166. The van der Waals surface area contributed by atoms with Gasteiger partial charge in [0.1, 0.15) is 0 Å². The van der Waals surface area contributed by atoms with Crippen LogP contribution in [0.2, 0.25) is 0 Å². The number of carboxylic acids is 1. The van der Waals surface area contributed by atoms with Gasteiger partial charge < -0.3 is 25.0 Å². The van der Waals surface area contributed by atoms with E-state index in [0.29, 0.717) is 36.7 Å². The highest BCUT2D eigenvalue weighted by Gasteiger charge is 2.32. The van der Waals surface area contributed by atoms with Crippen LogP contribution in [-0.2, 0) is 32.2 Å². The number of benzene rings is 4. The summed E-state index contributed by atoms with van der Waals surface area (Å²) < 4.78 is 14.9. The van der Waals surface area contributed by atoms with E-state index in [1.807, 2.05) is 84.9 Å². The average Bonchev–Trinajstić information content (AvgIpc) is 3.67. The number of hydrogen-bond donors (Lipinski definition) is 3. The molecule has 1 amide bonds. The number of rotatable bonds is 17. The number of carbonyl (C=O) groups excluding carboxylic acids is 1. The second-order valence-electron chi connectivity index (χ2n) is 12.8. The molecule has 11 nitrogen and oxygen atoms in total. The average molecular weight is 722 g/mol. The number of nitrogens with one attached hydrogen (secondary N) is 1. The minimum atomic E-state index is -0.778. The van der Waals surface area contributed by atoms with Gasteiger partial charge in [0, 0.05) is 37.1 Å². The normalized spacial score (nSPS) is 17.1. The quantitative estimate of drug-likeness (QED) is 0.0665. The summed E-state index contributed by atoms with van der Waals surface area (Å²) in [6, 6.07) is 33.9. The number of ether oxygens (including phenoxy) is 2. The number of aliphatic hydroxyl groups is 1. The number of aliphatic carboxylic acids is 1. The minimum Gasteiger partial charge on any atom is -0.481 e. The maximum Gasteiger partial charge on any atom is 0.303 e. The number of carbonyl (C=O) groups is 2. The third-order valence-electron chi connectivity index (χ3n) is 8.93. The van der Waals surface area contributed by atoms with E-state index in [2.05, 4.69) is 39.0 Å². The van der Waals surface area contributed by atoms with Gasteiger partial charge >= 0.3 is 5.97 Å². The van der Waals surface area contributed by atoms with Gasteiger partial charge in [0.2, 0.25) is 11.1 Å². The number of unbranched alkanes of at least 4 members (excludes halogenated alkanes) is 3. The molecule has 0 unspecified atom stereocenters. The highest BCUT2D eigenvalue weighted by atomic mass is 32.2. The molecule has 5 aromatic rings. The summed E-state index contributed by atoms with van der Waals surface area (Å²) in [4.78, 5) is 23.0. The van der Waals surface area contributed by atoms with Crippen LogP contribution in [0.3, 0.4) is 0 Å². The van der Waals surface area contributed by atoms with Gasteiger partial charge in [0.15, 0.2) is 6.29 Å². The van der Waals surface area contributed by atoms with Crippen LogP contribution in [0, 0.1) is 0 Å². The predicted molar refractivity (Wildman–Crippen MR) is 197 cm³/mol. The van der Waals surface area contributed by atoms with Crippen molar-refractivity contribution in [2.24, 2.45) is 0 Å². The second-order valence-corrected chi connectivity index (χ2v) is 13.8. The van der Waals surface area contributed by atoms with Crippen LogP contribution in [-0.4, -0.2) is 54.2 Å². The SMILES string of the molecule is O=C(O)CCCCCCC(=O)NCc1cccc(-c2ccc([C@H]3O[C@@H](CSc4nnnn4-c4ccccc4)C[C@@H](c4ccc(CO)cc4)O3)cc2)c1. The number of amides is 1. The zero-order valence-corrected chi connectivity index (χ0v) is 29.7. The molecule has 1 fully saturated rings. The first-order valence-corrected chi connectivity index (χ1v) is 18.6. The van der Waals surface area contributed by atoms with Crippen LogP contribution < -0.4 is 5.32 Å². The van der Waals surface area contributed by atoms with E-state index in [9.17, 15) is 14.7 Å². The number of carboxylic acid groups (broad SMARTS) is 1. The Labute approximate surface area is 307 Å². The number of tetrazole rings is 1. The standard InChI is InChI=1S/C40H43N5O6S/c46-26-28-15-17-31(18-16-28)36-24-35(27-52-40-42-43-44-45(40)34-11-4-3-5-12-34)50-39(51-36)32-21-19-30(20-22-32)33-10-8-9-29(23-33)25-41-37(47)13-6-1-2-7-14-38(48)49/h3-5,8-12,15-23,35-36,39,46H,1-2,6-7,13-14,24-27H2,(H,41,47)(H,48,49)/t35-,36+,39+/m1/s1. The first kappa shape index (κ1) is 36.9. The maximum absolute atomic E-state index is 12.4. The Morgan fingerprint density at radius 2 is 1.56 bits per heavy atom. The molecule has 3 N–H and O–H groups in total. The van der Waals surface area contributed by atoms with Gasteiger partial charge in [-0.3, -0.25) is 9.59 Å². The molecular weight excluding hydrogens is 679 g/mol. The van der Waals surface area contributed by atoms with E-state index < -0.39 is 12.3 Å². The molecule has 1 aliphatic rings. The molecule has 0 radical (unpaired) electrons. The maximum atomic E-state index is 12.4. The summed E-state index contributed by atoms with van der Waals surface area (Å²) in [5, 5.41) is 34.4. The molecule has 0 aliphatic carbocycles. The van der Waals surface area contributed by atoms with E-state index in [-0.39, 0.29) is 31.1 Å². The van der Waals surface area contributed by atoms with E-state index in [1.54, 1.807) is 4.68 Å². The fourth-order valence-electron chi connectivity index (χ4n) is 6.09. The molecule has 1 aromatic heterocycles. The van der Waals surface area contributed by atoms with E-state index in [4.69, 9.17) is 14.6 Å². The molecule has 270 valence electrons. The molecule has 0 saturated carbocycles. The molecule has 0 spiro atoms. The fourth-order valence-corrected chi connectivity index (χ4v) is 7.00. The van der Waals surface area contributed by atoms with E-state index in [0.717, 1.165) is 58.3 Å². The van der Waals surface area contributed by atoms with Crippen molar-refractivity contribution in [2.75, 3.05) is 5.75 Å². The van der Waals surface area contributed by atoms with E-state index >= 15 is 0 Å². The first-order valence-electron chi connectivity index (χ1n) is 17.6. The molecule has 1 saturated heterocycles. The van der Waals surface area contributed by atoms with Crippen molar-refractivity contribution in [2.45, 2.75) is 81.8 Å². The van der Waals surface area contributed by atoms with Gasteiger partial charge in [0.05, 0.1) is 24.5 Å². The number of thioether (sulfide) groups is 1. The van der Waals surface area contributed by atoms with Gasteiger partial charge in [-0.1, -0.05) is 110 Å². The summed E-state index contributed by atoms with van der Waals surface area (Å²) in [6.45, 7) is 0.418. The minimum absolute atomic E-state index is 0.00503. The Morgan fingerprint density at radius 3 is 2.31 bits per heavy atom. The number of nitrogens with zero attached hydrogens (tertiary/aromatic N) is 4. The van der Waals surface area contributed by atoms with Crippen molar-refractivity contribution in [1.29, 1.82) is 0 Å². The van der Waals surface area contributed by atoms with Gasteiger partial charge in [-0.05, 0) is 69.3 Å². The second kappa shape index (κ2) is 18.6. The first-order chi connectivity index (χ1) is 25.4. The van der Waals surface area contributed by atoms with Gasteiger partial charge in [-0.25, -0.2) is 0 Å². The highest BCUT2D eigenvalue weighted by Crippen LogP contribution is 2.40. The molecule has 12 heteroatoms. The predicted octanol–water partition coefficient (Wildman–Crippen LogP) is 7.20. The lowest BCUT2D eigenvalue weighted by Gasteiger charge is -2.36. The fraction of sp³-hybridized carbons (Fsp3) is 0.325. The van der Waals surface area contributed by atoms with Crippen molar-refractivity contribution >= 4 is 23.6 Å². The smallest absolute Gasteiger partial charge is 0.303 e. The van der Waals surface area contributed by atoms with Crippen molar-refractivity contribution in [1.82, 2.24) is 25.5 Å². The molecule has 2 heterocycles. The van der Waals surface area contributed by atoms with Crippen molar-refractivity contribution in [3.8, 4) is 16.8 Å². The van der Waals surface area contributed by atoms with Gasteiger partial charge in [-0.15, -0.1) is 5.10 Å². The van der Waals surface area contributed by atoms with Crippen molar-refractivity contribution < 1.29 is 29.3 Å². The van der Waals surface area contributed by atoms with Gasteiger partial charge in [-0.2, -0.15) is 4.68 Å². The summed E-state index contributed by atoms with van der Waals surface area (Å²) in [7, 11) is 0. The van der Waals surface area contributed by atoms with Crippen LogP contribution >= 0.6 is 11.8 Å². The number of hydrogen-bond acceptors (Lipinski definition) is 9. The molecule has 6 rings (SSSR count). The number of aliphatic hydroxyl groups excluding tert-OH is 1. The van der Waals surface area contributed by atoms with Crippen molar-refractivity contribution in [3.63, 3.8) is 0 Å². The number of aromatic nitrogens is 4. The monoisotopic (exact) mass is 721 g/mol. The van der Waals surface area contributed by atoms with Crippen LogP contribution in [0.1, 0.15) is 79.6 Å². The molecule has 1 aliphatic heterocycles. The third kappa shape index (κ3) is 10.3. The Hall–Kier alpha value is -4.88. The largest absolute Gasteiger partial charge is 0.481 e. The Bertz CT molecular complexity index is 1890. The Balaban J connectivity index is 1.09. The Morgan fingerprint density at radius 1 is 0.808 bits per heavy atom. The molecule has 4 aromatic carbocycles. The van der Waals surface area contributed by atoms with Gasteiger partial charge in [0.25, 0.3) is 0 Å². The molecule has 3 atom stereocenters. The Kier molecular flexibility index (Phi) is 13.2. The highest BCUT2D eigenvalue weighted by molar-refractivity contribution is 7.99. The van der Waals surface area contributed by atoms with Crippen LogP contribution in [0.5, 0.6) is 0 Å². The number of para-hydroxylation sites is 1. The lowest BCUT2D eigenvalue weighted by Crippen LogP contribution is -2.31.